The number of nitrogens with two attached hydrogens (primary N) is 1. The van der Waals surface area contributed by atoms with Crippen LogP contribution in [-0.2, 0) is 14.3 Å². The lowest BCUT2D eigenvalue weighted by Crippen LogP contribution is -2.50. The molecule has 1 aromatic rings. The molecule has 1 atom stereocenters. The first kappa shape index (κ1) is 21.1. The van der Waals surface area contributed by atoms with Crippen LogP contribution in [0.5, 0.6) is 0 Å². The molecule has 1 heterocycles. The predicted molar refractivity (Wildman–Crippen MR) is 94.3 cm³/mol. The van der Waals surface area contributed by atoms with Crippen molar-refractivity contribution in [3.63, 3.8) is 0 Å². The van der Waals surface area contributed by atoms with Crippen molar-refractivity contribution < 1.29 is 27.5 Å². The van der Waals surface area contributed by atoms with E-state index in [9.17, 15) is 22.8 Å². The van der Waals surface area contributed by atoms with Gasteiger partial charge < -0.3 is 20.7 Å². The topological polar surface area (TPSA) is 87.9 Å². The second-order valence-electron chi connectivity index (χ2n) is 5.98. The second-order valence-corrected chi connectivity index (χ2v) is 5.98. The van der Waals surface area contributed by atoms with E-state index in [-0.39, 0.29) is 31.3 Å². The average molecular weight is 388 g/mol. The molecule has 0 bridgehead atoms. The van der Waals surface area contributed by atoms with Crippen molar-refractivity contribution in [2.45, 2.75) is 19.4 Å². The van der Waals surface area contributed by atoms with E-state index in [1.54, 1.807) is 6.92 Å². The van der Waals surface area contributed by atoms with Crippen molar-refractivity contribution in [2.75, 3.05) is 49.6 Å². The van der Waals surface area contributed by atoms with Crippen LogP contribution in [0.15, 0.2) is 18.2 Å². The summed E-state index contributed by atoms with van der Waals surface area (Å²) in [7, 11) is 0. The number of anilines is 2. The number of alkyl halides is 2. The van der Waals surface area contributed by atoms with Gasteiger partial charge in [-0.05, 0) is 24.7 Å². The van der Waals surface area contributed by atoms with Crippen LogP contribution >= 0.6 is 0 Å². The minimum absolute atomic E-state index is 0.0741. The molecule has 1 aromatic carbocycles. The summed E-state index contributed by atoms with van der Waals surface area (Å²) >= 11 is 0. The predicted octanol–water partition coefficient (Wildman–Crippen LogP) is 1.04. The molecule has 2 rings (SSSR count). The Labute approximate surface area is 155 Å². The van der Waals surface area contributed by atoms with Crippen molar-refractivity contribution >= 4 is 23.2 Å². The van der Waals surface area contributed by atoms with Gasteiger partial charge in [-0.3, -0.25) is 14.5 Å². The molecule has 27 heavy (non-hydrogen) atoms. The maximum Gasteiger partial charge on any atom is 0.253 e. The maximum absolute atomic E-state index is 14.4. The summed E-state index contributed by atoms with van der Waals surface area (Å²) in [5.74, 6) is -1.70. The van der Waals surface area contributed by atoms with Gasteiger partial charge in [-0.1, -0.05) is 6.92 Å². The van der Waals surface area contributed by atoms with Crippen molar-refractivity contribution in [1.82, 2.24) is 4.90 Å². The van der Waals surface area contributed by atoms with Crippen LogP contribution in [0.1, 0.15) is 6.92 Å². The number of benzene rings is 1. The molecular weight excluding hydrogens is 365 g/mol. The van der Waals surface area contributed by atoms with Crippen LogP contribution in [0.4, 0.5) is 24.5 Å². The lowest BCUT2D eigenvalue weighted by atomic mass is 10.2. The Kier molecular flexibility index (Phi) is 7.57. The van der Waals surface area contributed by atoms with Gasteiger partial charge in [-0.2, -0.15) is 0 Å². The van der Waals surface area contributed by atoms with Crippen LogP contribution in [-0.4, -0.2) is 68.6 Å². The minimum Gasteiger partial charge on any atom is -0.370 e. The fourth-order valence-electron chi connectivity index (χ4n) is 2.86. The van der Waals surface area contributed by atoms with Gasteiger partial charge in [0, 0.05) is 18.8 Å². The van der Waals surface area contributed by atoms with E-state index < -0.39 is 30.7 Å². The Hall–Kier alpha value is -2.17. The van der Waals surface area contributed by atoms with E-state index in [0.29, 0.717) is 18.8 Å². The molecule has 1 aliphatic rings. The molecule has 0 radical (unpaired) electrons. The minimum atomic E-state index is -2.62. The number of morpholine rings is 1. The van der Waals surface area contributed by atoms with E-state index >= 15 is 0 Å². The first-order valence-corrected chi connectivity index (χ1v) is 8.58. The van der Waals surface area contributed by atoms with Crippen LogP contribution in [0, 0.1) is 5.82 Å². The third-order valence-corrected chi connectivity index (χ3v) is 4.25. The summed E-state index contributed by atoms with van der Waals surface area (Å²) in [5.41, 5.74) is 5.79. The van der Waals surface area contributed by atoms with E-state index in [1.807, 2.05) is 0 Å². The highest BCUT2D eigenvalue weighted by Crippen LogP contribution is 2.23. The zero-order chi connectivity index (χ0) is 20.0. The number of carbonyl (C=O) groups excluding carboxylic acids is 2. The molecule has 0 spiro atoms. The number of ether oxygens (including phenoxy) is 1. The number of nitrogens with one attached hydrogen (secondary N) is 1. The van der Waals surface area contributed by atoms with Gasteiger partial charge in [-0.15, -0.1) is 0 Å². The summed E-state index contributed by atoms with van der Waals surface area (Å²) in [4.78, 5) is 26.8. The second kappa shape index (κ2) is 9.67. The average Bonchev–Trinajstić information content (AvgIpc) is 2.63. The van der Waals surface area contributed by atoms with Gasteiger partial charge in [0.2, 0.25) is 5.91 Å². The first-order chi connectivity index (χ1) is 12.9. The summed E-state index contributed by atoms with van der Waals surface area (Å²) in [5, 5.41) is 2.38. The van der Waals surface area contributed by atoms with Crippen molar-refractivity contribution in [3.05, 3.63) is 24.0 Å². The summed E-state index contributed by atoms with van der Waals surface area (Å²) in [6.45, 7) is 1.61. The lowest BCUT2D eigenvalue weighted by Gasteiger charge is -2.29. The van der Waals surface area contributed by atoms with Gasteiger partial charge in [0.15, 0.2) is 0 Å². The molecule has 150 valence electrons. The number of amides is 2. The van der Waals surface area contributed by atoms with Crippen molar-refractivity contribution in [2.24, 2.45) is 5.73 Å². The smallest absolute Gasteiger partial charge is 0.253 e. The third kappa shape index (κ3) is 5.41. The van der Waals surface area contributed by atoms with Crippen LogP contribution in [0.3, 0.4) is 0 Å². The van der Waals surface area contributed by atoms with Gasteiger partial charge >= 0.3 is 0 Å². The number of nitrogens with zero attached hydrogens (tertiary/aromatic N) is 2. The number of hydrogen-bond donors (Lipinski definition) is 2. The molecule has 7 nitrogen and oxygen atoms in total. The molecular formula is C17H23F3N4O3. The molecule has 0 aromatic heterocycles. The number of rotatable bonds is 8. The highest BCUT2D eigenvalue weighted by molar-refractivity contribution is 5.97. The Balaban J connectivity index is 2.11. The van der Waals surface area contributed by atoms with E-state index in [0.717, 1.165) is 6.07 Å². The molecule has 1 fully saturated rings. The highest BCUT2D eigenvalue weighted by Gasteiger charge is 2.27. The molecule has 1 saturated heterocycles. The molecule has 2 amide bonds. The Morgan fingerprint density at radius 2 is 2.19 bits per heavy atom. The normalized spacial score (nSPS) is 16.1. The maximum atomic E-state index is 14.4. The molecule has 0 aliphatic carbocycles. The summed E-state index contributed by atoms with van der Waals surface area (Å²) in [6.07, 6.45) is -2.62. The fraction of sp³-hybridized carbons (Fsp3) is 0.529. The van der Waals surface area contributed by atoms with Gasteiger partial charge in [0.1, 0.15) is 18.5 Å². The van der Waals surface area contributed by atoms with E-state index in [1.165, 1.54) is 21.9 Å². The Bertz CT molecular complexity index is 675. The number of carbonyl (C=O) groups is 2. The van der Waals surface area contributed by atoms with E-state index in [2.05, 4.69) is 5.32 Å². The molecule has 0 saturated carbocycles. The quantitative estimate of drug-likeness (QED) is 0.695. The SMILES string of the molecule is CCN(CC(F)F)[C@H](CN)C(=O)Nc1ccc(N2CCOCC2=O)cc1F. The number of hydrogen-bond acceptors (Lipinski definition) is 5. The van der Waals surface area contributed by atoms with Crippen molar-refractivity contribution in [1.29, 1.82) is 0 Å². The van der Waals surface area contributed by atoms with Gasteiger partial charge in [0.05, 0.1) is 18.8 Å². The van der Waals surface area contributed by atoms with Crippen LogP contribution < -0.4 is 16.0 Å². The first-order valence-electron chi connectivity index (χ1n) is 8.58. The zero-order valence-corrected chi connectivity index (χ0v) is 15.0. The molecule has 10 heteroatoms. The monoisotopic (exact) mass is 388 g/mol. The standard InChI is InChI=1S/C17H23F3N4O3/c1-2-23(9-15(19)20)14(8-21)17(26)22-13-4-3-11(7-12(13)18)24-5-6-27-10-16(24)25/h3-4,7,14-15H,2,5-6,8-10,21H2,1H3,(H,22,26)/t14-/m1/s1. The number of likely N-dealkylation sites (N-methyl/N-ethyl adjacent to an activating group) is 1. The highest BCUT2D eigenvalue weighted by atomic mass is 19.3. The Morgan fingerprint density at radius 3 is 2.74 bits per heavy atom. The van der Waals surface area contributed by atoms with Crippen LogP contribution in [0.25, 0.3) is 0 Å². The number of halogens is 3. The molecule has 1 aliphatic heterocycles. The Morgan fingerprint density at radius 1 is 1.44 bits per heavy atom. The lowest BCUT2D eigenvalue weighted by molar-refractivity contribution is -0.125. The van der Waals surface area contributed by atoms with Crippen LogP contribution in [0.2, 0.25) is 0 Å². The molecule has 3 N–H and O–H groups in total. The zero-order valence-electron chi connectivity index (χ0n) is 15.0. The summed E-state index contributed by atoms with van der Waals surface area (Å²) < 4.78 is 44.8. The summed E-state index contributed by atoms with van der Waals surface area (Å²) in [6, 6.07) is 2.94. The molecule has 0 unspecified atom stereocenters. The van der Waals surface area contributed by atoms with Crippen molar-refractivity contribution in [3.8, 4) is 0 Å². The van der Waals surface area contributed by atoms with E-state index in [4.69, 9.17) is 10.5 Å². The third-order valence-electron chi connectivity index (χ3n) is 4.25. The largest absolute Gasteiger partial charge is 0.370 e. The fourth-order valence-corrected chi connectivity index (χ4v) is 2.86. The van der Waals surface area contributed by atoms with Gasteiger partial charge in [0.25, 0.3) is 12.3 Å². The van der Waals surface area contributed by atoms with Gasteiger partial charge in [-0.25, -0.2) is 13.2 Å².